The van der Waals surface area contributed by atoms with Crippen molar-refractivity contribution in [1.29, 1.82) is 0 Å². The van der Waals surface area contributed by atoms with Crippen molar-refractivity contribution in [2.75, 3.05) is 0 Å². The topological polar surface area (TPSA) is 262 Å². The third-order valence-electron chi connectivity index (χ3n) is 23.6. The molecule has 1 saturated heterocycles. The number of cyclic esters (lactones) is 1. The molecular weight excluding hydrogens is 1460 g/mol. The molecule has 22 heteroatoms. The Morgan fingerprint density at radius 3 is 1.50 bits per heavy atom. The second-order valence-electron chi connectivity index (χ2n) is 34.6. The van der Waals surface area contributed by atoms with Gasteiger partial charge in [-0.2, -0.15) is 8.78 Å². The number of ether oxygens (including phenoxy) is 7. The molecule has 1 aliphatic heterocycles. The third-order valence-corrected chi connectivity index (χ3v) is 26.9. The summed E-state index contributed by atoms with van der Waals surface area (Å²) in [5.41, 5.74) is -3.99. The number of halogens is 2. The van der Waals surface area contributed by atoms with E-state index in [1.54, 1.807) is 52.8 Å². The van der Waals surface area contributed by atoms with Crippen molar-refractivity contribution in [1.82, 2.24) is 0 Å². The molecule has 5 fully saturated rings. The zero-order valence-corrected chi connectivity index (χ0v) is 71.2. The predicted octanol–water partition coefficient (Wildman–Crippen LogP) is 21.2. The van der Waals surface area contributed by atoms with Gasteiger partial charge in [0, 0.05) is 27.2 Å². The molecule has 2 heterocycles. The molecule has 10 atom stereocenters. The van der Waals surface area contributed by atoms with Crippen LogP contribution in [0.2, 0.25) is 0 Å². The van der Waals surface area contributed by atoms with Crippen molar-refractivity contribution in [2.24, 2.45) is 62.6 Å². The summed E-state index contributed by atoms with van der Waals surface area (Å²) in [4.78, 5) is 83.7. The summed E-state index contributed by atoms with van der Waals surface area (Å²) < 4.78 is 97.1. The predicted molar refractivity (Wildman–Crippen MR) is 430 cm³/mol. The number of ketones is 1. The highest BCUT2D eigenvalue weighted by atomic mass is 32.2. The SMILES string of the molecule is CCC(C)(C)C(=O)OC(C)C(F)(F)S(=O)(=O)[O-].CCC(C)(C)C(=O)OC1(C)CC(=O)OC1C.CCC(C)(C)C(=O)OC1(CC)CC2CC1C1C3CCC(C3)C21.CCC(C)(C)C(=O)Oc1ccc(OC(C)(C)C)cc1.CCC(C)(C)C(=O)Oc1cccc(C(C)=O)c1O.c1ccc(-[s+]2c3ccccc3c3ccccc32)cc1. The minimum Gasteiger partial charge on any atom is -0.743 e. The van der Waals surface area contributed by atoms with Crippen LogP contribution >= 0.6 is 10.5 Å². The lowest BCUT2D eigenvalue weighted by atomic mass is 9.65. The Kier molecular flexibility index (Phi) is 30.3. The number of esters is 6. The smallest absolute Gasteiger partial charge is 0.369 e. The number of phenols is 1. The summed E-state index contributed by atoms with van der Waals surface area (Å²) >= 11 is 0. The van der Waals surface area contributed by atoms with E-state index in [9.17, 15) is 60.4 Å². The van der Waals surface area contributed by atoms with Crippen LogP contribution in [0.5, 0.6) is 23.0 Å². The summed E-state index contributed by atoms with van der Waals surface area (Å²) in [7, 11) is -5.80. The summed E-state index contributed by atoms with van der Waals surface area (Å²) in [6, 6.07) is 40.0. The first-order valence-corrected chi connectivity index (χ1v) is 41.8. The molecule has 0 radical (unpaired) electrons. The van der Waals surface area contributed by atoms with Gasteiger partial charge in [0.1, 0.15) is 28.8 Å². The van der Waals surface area contributed by atoms with Crippen LogP contribution in [-0.2, 0) is 57.8 Å². The number of Topliss-reactive ketones (excluding diaryl/α,β-unsaturated/α-hetero) is 1. The van der Waals surface area contributed by atoms with Crippen molar-refractivity contribution in [3.63, 3.8) is 0 Å². The second kappa shape index (κ2) is 36.5. The van der Waals surface area contributed by atoms with E-state index in [1.165, 1.54) is 83.7 Å². The highest BCUT2D eigenvalue weighted by molar-refractivity contribution is 7.86. The molecule has 1 N–H and O–H groups in total. The highest BCUT2D eigenvalue weighted by Crippen LogP contribution is 2.71. The molecular formula is C89H122F2O18S2. The van der Waals surface area contributed by atoms with E-state index >= 15 is 0 Å². The van der Waals surface area contributed by atoms with Gasteiger partial charge in [-0.25, -0.2) is 8.42 Å². The van der Waals surface area contributed by atoms with Crippen molar-refractivity contribution in [2.45, 2.75) is 271 Å². The standard InChI is InChI=1S/C20H32O2.C18H13S.C16H24O3.C14H18O4.C12H20O4.C9H16F2O5S/c1-5-19(3,4)18(21)22-20(6-2)11-14-10-15(20)17-13-8-7-12(9-13)16(14)17;1-2-8-14(9-3-1)19-17-12-6-4-10-15(17)16-11-5-7-13-18(16)19;1-7-16(5,6)14(17)18-12-8-10-13(11-9-12)19-15(2,3)4;1-5-14(3,4)13(17)18-11-8-6-7-10(9(2)15)12(11)16;1-6-11(3,4)10(14)16-12(5)7-9(13)15-8(12)2;1-5-8(3,4)7(12)16-6(2)9(10,11)17(13,14)15/h12-17H,5-11H2,1-4H3;1-13H;8-11H,7H2,1-6H3;6-8,16H,5H2,1-4H3;8H,6-7H2,1-5H3;6H,5H2,1-4H3,(H,13,14,15)/q;+1;;;;/p-1. The third kappa shape index (κ3) is 22.1. The Bertz CT molecular complexity index is 4290. The van der Waals surface area contributed by atoms with Crippen LogP contribution in [0.1, 0.15) is 247 Å². The van der Waals surface area contributed by atoms with Gasteiger partial charge >= 0.3 is 41.1 Å². The zero-order chi connectivity index (χ0) is 83.6. The van der Waals surface area contributed by atoms with E-state index in [1.807, 2.05) is 95.2 Å². The number of carbonyl (C=O) groups is 7. The summed E-state index contributed by atoms with van der Waals surface area (Å²) in [6.07, 6.45) is 8.63. The molecule has 0 amide bonds. The van der Waals surface area contributed by atoms with Crippen LogP contribution in [0, 0.1) is 62.6 Å². The monoisotopic (exact) mass is 1580 g/mol. The van der Waals surface area contributed by atoms with Gasteiger partial charge < -0.3 is 42.8 Å². The first-order chi connectivity index (χ1) is 51.4. The van der Waals surface area contributed by atoms with Gasteiger partial charge in [0.15, 0.2) is 53.4 Å². The van der Waals surface area contributed by atoms with Crippen LogP contribution < -0.4 is 14.2 Å². The molecule has 111 heavy (non-hydrogen) atoms. The van der Waals surface area contributed by atoms with Gasteiger partial charge in [-0.1, -0.05) is 90.1 Å². The molecule has 6 aromatic rings. The van der Waals surface area contributed by atoms with E-state index in [-0.39, 0.29) is 86.3 Å². The number of thiophene rings is 1. The molecule has 4 bridgehead atoms. The summed E-state index contributed by atoms with van der Waals surface area (Å²) in [6.45, 7) is 41.2. The average Bonchev–Trinajstić information content (AvgIpc) is 1.53. The van der Waals surface area contributed by atoms with Gasteiger partial charge in [0.2, 0.25) is 0 Å². The molecule has 0 spiro atoms. The van der Waals surface area contributed by atoms with Gasteiger partial charge in [-0.05, 0) is 291 Å². The Morgan fingerprint density at radius 2 is 1.04 bits per heavy atom. The van der Waals surface area contributed by atoms with E-state index < -0.39 is 60.7 Å². The second-order valence-corrected chi connectivity index (χ2v) is 38.1. The summed E-state index contributed by atoms with van der Waals surface area (Å²) in [5, 5.41) is 8.00. The lowest BCUT2D eigenvalue weighted by molar-refractivity contribution is -0.183. The quantitative estimate of drug-likeness (QED) is 0.0133. The molecule has 10 unspecified atom stereocenters. The van der Waals surface area contributed by atoms with Crippen LogP contribution in [0.25, 0.3) is 25.1 Å². The van der Waals surface area contributed by atoms with Gasteiger partial charge in [0.05, 0.1) is 39.1 Å². The highest BCUT2D eigenvalue weighted by Gasteiger charge is 2.68. The van der Waals surface area contributed by atoms with Crippen molar-refractivity contribution >= 4 is 82.4 Å². The molecule has 1 aromatic heterocycles. The number of rotatable bonds is 21. The molecule has 18 nitrogen and oxygen atoms in total. The normalized spacial score (nSPS) is 22.1. The van der Waals surface area contributed by atoms with Crippen LogP contribution in [0.15, 0.2) is 121 Å². The fourth-order valence-electron chi connectivity index (χ4n) is 14.2. The fraction of sp³-hybridized carbons (Fsp3) is 0.584. The molecule has 5 aliphatic rings. The largest absolute Gasteiger partial charge is 0.743 e. The Balaban J connectivity index is 0.000000209. The Labute approximate surface area is 660 Å². The van der Waals surface area contributed by atoms with Crippen LogP contribution in [-0.4, -0.2) is 93.9 Å². The fourth-order valence-corrected chi connectivity index (χ4v) is 17.0. The number of fused-ring (bicyclic) bond motifs is 12. The average molecular weight is 1580 g/mol. The lowest BCUT2D eigenvalue weighted by Crippen LogP contribution is -2.49. The number of carbonyl (C=O) groups excluding carboxylic acids is 7. The van der Waals surface area contributed by atoms with E-state index in [0.717, 1.165) is 61.0 Å². The van der Waals surface area contributed by atoms with E-state index in [4.69, 9.17) is 28.4 Å². The number of para-hydroxylation sites is 1. The van der Waals surface area contributed by atoms with Crippen molar-refractivity contribution in [3.8, 4) is 27.9 Å². The van der Waals surface area contributed by atoms with Gasteiger partial charge in [-0.3, -0.25) is 33.6 Å². The Morgan fingerprint density at radius 1 is 0.586 bits per heavy atom. The number of hydrogen-bond acceptors (Lipinski definition) is 18. The number of aromatic hydroxyl groups is 1. The van der Waals surface area contributed by atoms with Gasteiger partial charge in [0.25, 0.3) is 0 Å². The minimum absolute atomic E-state index is 0.0224. The molecule has 612 valence electrons. The van der Waals surface area contributed by atoms with E-state index in [0.29, 0.717) is 37.9 Å². The molecule has 4 aliphatic carbocycles. The number of hydrogen-bond donors (Lipinski definition) is 1. The minimum atomic E-state index is -5.86. The van der Waals surface area contributed by atoms with Crippen molar-refractivity contribution in [3.05, 3.63) is 127 Å². The lowest BCUT2D eigenvalue weighted by Gasteiger charge is -2.46. The molecule has 5 aromatic carbocycles. The zero-order valence-electron chi connectivity index (χ0n) is 69.6. The van der Waals surface area contributed by atoms with Crippen molar-refractivity contribution < 1.29 is 93.6 Å². The summed E-state index contributed by atoms with van der Waals surface area (Å²) in [5.74, 6) is 3.98. The Hall–Kier alpha value is -7.82. The number of alkyl halides is 2. The first-order valence-electron chi connectivity index (χ1n) is 39.1. The maximum Gasteiger partial charge on any atom is 0.369 e. The first kappa shape index (κ1) is 92.1. The number of phenolic OH excluding ortho intramolecular Hbond substituents is 1. The van der Waals surface area contributed by atoms with Crippen LogP contribution in [0.3, 0.4) is 0 Å². The maximum absolute atomic E-state index is 13.0. The number of benzene rings is 5. The van der Waals surface area contributed by atoms with Gasteiger partial charge in [-0.15, -0.1) is 0 Å². The van der Waals surface area contributed by atoms with Crippen LogP contribution in [0.4, 0.5) is 8.78 Å². The molecule has 4 saturated carbocycles. The van der Waals surface area contributed by atoms with E-state index in [2.05, 4.69) is 97.4 Å². The maximum atomic E-state index is 13.0. The molecule has 11 rings (SSSR count).